The number of amides is 2. The topological polar surface area (TPSA) is 97.1 Å². The van der Waals surface area contributed by atoms with Crippen molar-refractivity contribution in [1.82, 2.24) is 10.3 Å². The second-order valence-electron chi connectivity index (χ2n) is 5.76. The number of benzene rings is 1. The van der Waals surface area contributed by atoms with Gasteiger partial charge in [-0.2, -0.15) is 0 Å². The largest absolute Gasteiger partial charge is 0.352 e. The molecule has 4 N–H and O–H groups in total. The molecule has 2 rings (SSSR count). The van der Waals surface area contributed by atoms with Crippen molar-refractivity contribution in [3.63, 3.8) is 0 Å². The van der Waals surface area contributed by atoms with Crippen molar-refractivity contribution >= 4 is 42.3 Å². The average molecular weight is 399 g/mol. The van der Waals surface area contributed by atoms with Gasteiger partial charge in [-0.1, -0.05) is 19.1 Å². The minimum absolute atomic E-state index is 0. The Morgan fingerprint density at radius 3 is 2.31 bits per heavy atom. The molecule has 1 aromatic carbocycles. The predicted molar refractivity (Wildman–Crippen MR) is 108 cm³/mol. The molecule has 8 heteroatoms. The molecule has 0 saturated carbocycles. The van der Waals surface area contributed by atoms with Gasteiger partial charge in [0.2, 0.25) is 5.91 Å². The van der Waals surface area contributed by atoms with Crippen LogP contribution in [0.3, 0.4) is 0 Å². The average Bonchev–Trinajstić information content (AvgIpc) is 2.60. The standard InChI is InChI=1S/C18H22N4O2.2ClH/c1-12(13(2)19)17(23)21-10-14-5-7-16(8-6-14)22-18(24)15-4-3-9-20-11-15;;/h3-9,11-13H,10,19H2,1-2H3,(H,21,23)(H,22,24);2*1H. The van der Waals surface area contributed by atoms with Gasteiger partial charge in [-0.3, -0.25) is 14.6 Å². The Morgan fingerprint density at radius 2 is 1.77 bits per heavy atom. The zero-order valence-electron chi connectivity index (χ0n) is 14.6. The number of carbonyl (C=O) groups excluding carboxylic acids is 2. The molecular weight excluding hydrogens is 375 g/mol. The van der Waals surface area contributed by atoms with Crippen LogP contribution in [0.25, 0.3) is 0 Å². The predicted octanol–water partition coefficient (Wildman–Crippen LogP) is 2.78. The summed E-state index contributed by atoms with van der Waals surface area (Å²) in [7, 11) is 0. The summed E-state index contributed by atoms with van der Waals surface area (Å²) in [6.07, 6.45) is 3.13. The van der Waals surface area contributed by atoms with Crippen molar-refractivity contribution in [3.8, 4) is 0 Å². The van der Waals surface area contributed by atoms with Gasteiger partial charge in [0.15, 0.2) is 0 Å². The lowest BCUT2D eigenvalue weighted by Gasteiger charge is -2.15. The van der Waals surface area contributed by atoms with Crippen LogP contribution in [0.4, 0.5) is 5.69 Å². The van der Waals surface area contributed by atoms with Crippen molar-refractivity contribution in [2.45, 2.75) is 26.4 Å². The van der Waals surface area contributed by atoms with Crippen molar-refractivity contribution in [2.75, 3.05) is 5.32 Å². The molecule has 0 saturated heterocycles. The van der Waals surface area contributed by atoms with Gasteiger partial charge in [-0.15, -0.1) is 24.8 Å². The van der Waals surface area contributed by atoms with Crippen molar-refractivity contribution in [3.05, 3.63) is 59.9 Å². The van der Waals surface area contributed by atoms with Crippen molar-refractivity contribution in [2.24, 2.45) is 11.7 Å². The molecule has 0 aliphatic heterocycles. The summed E-state index contributed by atoms with van der Waals surface area (Å²) in [4.78, 5) is 27.8. The lowest BCUT2D eigenvalue weighted by atomic mass is 10.0. The zero-order valence-corrected chi connectivity index (χ0v) is 16.3. The molecule has 2 aromatic rings. The number of aromatic nitrogens is 1. The van der Waals surface area contributed by atoms with Gasteiger partial charge < -0.3 is 16.4 Å². The lowest BCUT2D eigenvalue weighted by Crippen LogP contribution is -2.38. The molecule has 6 nitrogen and oxygen atoms in total. The fraction of sp³-hybridized carbons (Fsp3) is 0.278. The molecule has 0 aliphatic carbocycles. The highest BCUT2D eigenvalue weighted by Crippen LogP contribution is 2.11. The van der Waals surface area contributed by atoms with Crippen molar-refractivity contribution in [1.29, 1.82) is 0 Å². The van der Waals surface area contributed by atoms with E-state index in [1.807, 2.05) is 19.1 Å². The molecule has 0 spiro atoms. The molecule has 0 aliphatic rings. The van der Waals surface area contributed by atoms with E-state index in [1.165, 1.54) is 6.20 Å². The maximum absolute atomic E-state index is 12.0. The number of nitrogens with one attached hydrogen (secondary N) is 2. The van der Waals surface area contributed by atoms with Crippen LogP contribution in [-0.2, 0) is 11.3 Å². The summed E-state index contributed by atoms with van der Waals surface area (Å²) >= 11 is 0. The third kappa shape index (κ3) is 7.00. The number of halogens is 2. The molecule has 26 heavy (non-hydrogen) atoms. The van der Waals surface area contributed by atoms with Crippen LogP contribution in [0, 0.1) is 5.92 Å². The van der Waals surface area contributed by atoms with Crippen LogP contribution in [0.5, 0.6) is 0 Å². The highest BCUT2D eigenvalue weighted by molar-refractivity contribution is 6.04. The van der Waals surface area contributed by atoms with Crippen LogP contribution >= 0.6 is 24.8 Å². The normalized spacial score (nSPS) is 12.0. The molecule has 0 bridgehead atoms. The first-order valence-electron chi connectivity index (χ1n) is 7.81. The molecule has 2 unspecified atom stereocenters. The Balaban J connectivity index is 0.00000312. The van der Waals surface area contributed by atoms with E-state index in [1.54, 1.807) is 37.4 Å². The second-order valence-corrected chi connectivity index (χ2v) is 5.76. The van der Waals surface area contributed by atoms with Crippen molar-refractivity contribution < 1.29 is 9.59 Å². The molecule has 1 heterocycles. The van der Waals surface area contributed by atoms with E-state index in [0.717, 1.165) is 5.56 Å². The Labute approximate surface area is 165 Å². The summed E-state index contributed by atoms with van der Waals surface area (Å²) in [5.74, 6) is -0.517. The van der Waals surface area contributed by atoms with E-state index in [-0.39, 0.29) is 48.6 Å². The zero-order chi connectivity index (χ0) is 17.5. The smallest absolute Gasteiger partial charge is 0.257 e. The Hall–Kier alpha value is -2.15. The van der Waals surface area contributed by atoms with Gasteiger partial charge in [0, 0.05) is 36.6 Å². The number of rotatable bonds is 6. The number of hydrogen-bond acceptors (Lipinski definition) is 4. The minimum atomic E-state index is -0.233. The SMILES string of the molecule is CC(N)C(C)C(=O)NCc1ccc(NC(=O)c2cccnc2)cc1.Cl.Cl. The van der Waals surface area contributed by atoms with E-state index in [4.69, 9.17) is 5.73 Å². The molecule has 2 atom stereocenters. The number of nitrogens with zero attached hydrogens (tertiary/aromatic N) is 1. The van der Waals surface area contributed by atoms with Gasteiger partial charge in [0.05, 0.1) is 5.56 Å². The van der Waals surface area contributed by atoms with E-state index < -0.39 is 0 Å². The monoisotopic (exact) mass is 398 g/mol. The molecule has 1 aromatic heterocycles. The summed E-state index contributed by atoms with van der Waals surface area (Å²) in [6.45, 7) is 4.04. The number of carbonyl (C=O) groups is 2. The van der Waals surface area contributed by atoms with Crippen LogP contribution in [0.15, 0.2) is 48.8 Å². The first kappa shape index (κ1) is 23.9. The first-order chi connectivity index (χ1) is 11.5. The van der Waals surface area contributed by atoms with Gasteiger partial charge in [0.25, 0.3) is 5.91 Å². The Morgan fingerprint density at radius 1 is 1.12 bits per heavy atom. The maximum Gasteiger partial charge on any atom is 0.257 e. The van der Waals surface area contributed by atoms with Gasteiger partial charge in [0.1, 0.15) is 0 Å². The van der Waals surface area contributed by atoms with Gasteiger partial charge in [-0.25, -0.2) is 0 Å². The fourth-order valence-electron chi connectivity index (χ4n) is 2.00. The summed E-state index contributed by atoms with van der Waals surface area (Å²) < 4.78 is 0. The molecule has 2 amide bonds. The van der Waals surface area contributed by atoms with E-state index in [0.29, 0.717) is 17.8 Å². The highest BCUT2D eigenvalue weighted by atomic mass is 35.5. The molecular formula is C18H24Cl2N4O2. The van der Waals surface area contributed by atoms with E-state index in [9.17, 15) is 9.59 Å². The second kappa shape index (κ2) is 11.5. The third-order valence-electron chi connectivity index (χ3n) is 3.80. The number of anilines is 1. The first-order valence-corrected chi connectivity index (χ1v) is 7.81. The van der Waals surface area contributed by atoms with Crippen LogP contribution in [0.2, 0.25) is 0 Å². The minimum Gasteiger partial charge on any atom is -0.352 e. The maximum atomic E-state index is 12.0. The quantitative estimate of drug-likeness (QED) is 0.696. The fourth-order valence-corrected chi connectivity index (χ4v) is 2.00. The number of hydrogen-bond donors (Lipinski definition) is 3. The van der Waals surface area contributed by atoms with Crippen LogP contribution < -0.4 is 16.4 Å². The van der Waals surface area contributed by atoms with Crippen LogP contribution in [-0.4, -0.2) is 22.8 Å². The Kier molecular flexibility index (Phi) is 10.5. The highest BCUT2D eigenvalue weighted by Gasteiger charge is 2.16. The molecule has 0 fully saturated rings. The summed E-state index contributed by atoms with van der Waals surface area (Å²) in [5.41, 5.74) is 7.84. The van der Waals surface area contributed by atoms with Crippen LogP contribution in [0.1, 0.15) is 29.8 Å². The van der Waals surface area contributed by atoms with E-state index >= 15 is 0 Å². The molecule has 142 valence electrons. The Bertz CT molecular complexity index is 694. The van der Waals surface area contributed by atoms with Gasteiger partial charge in [-0.05, 0) is 36.8 Å². The van der Waals surface area contributed by atoms with Gasteiger partial charge >= 0.3 is 0 Å². The number of nitrogens with two attached hydrogens (primary N) is 1. The lowest BCUT2D eigenvalue weighted by molar-refractivity contribution is -0.125. The van der Waals surface area contributed by atoms with E-state index in [2.05, 4.69) is 15.6 Å². The number of pyridine rings is 1. The summed E-state index contributed by atoms with van der Waals surface area (Å²) in [6, 6.07) is 10.5. The third-order valence-corrected chi connectivity index (χ3v) is 3.80. The summed E-state index contributed by atoms with van der Waals surface area (Å²) in [5, 5.41) is 5.65. The molecule has 0 radical (unpaired) electrons.